The number of ketones is 1. The molecular formula is C20H18N4O2. The first-order valence-electron chi connectivity index (χ1n) is 8.12. The summed E-state index contributed by atoms with van der Waals surface area (Å²) in [5.74, 6) is -0.192. The minimum atomic E-state index is -0.211. The third-order valence-corrected chi connectivity index (χ3v) is 3.76. The number of carbonyl (C=O) groups excluding carboxylic acids is 2. The Hall–Kier alpha value is -3.54. The zero-order chi connectivity index (χ0) is 18.4. The van der Waals surface area contributed by atoms with Crippen LogP contribution in [-0.4, -0.2) is 21.7 Å². The fraction of sp³-hybridized carbons (Fsp3) is 0.100. The Kier molecular flexibility index (Phi) is 5.34. The van der Waals surface area contributed by atoms with E-state index in [0.717, 1.165) is 11.3 Å². The van der Waals surface area contributed by atoms with Crippen LogP contribution < -0.4 is 10.6 Å². The van der Waals surface area contributed by atoms with Gasteiger partial charge in [-0.25, -0.2) is 0 Å². The monoisotopic (exact) mass is 346 g/mol. The van der Waals surface area contributed by atoms with Crippen molar-refractivity contribution < 1.29 is 9.59 Å². The Balaban J connectivity index is 1.65. The molecular weight excluding hydrogens is 328 g/mol. The van der Waals surface area contributed by atoms with E-state index >= 15 is 0 Å². The predicted octanol–water partition coefficient (Wildman–Crippen LogP) is 3.35. The fourth-order valence-corrected chi connectivity index (χ4v) is 2.37. The molecule has 1 amide bonds. The summed E-state index contributed by atoms with van der Waals surface area (Å²) >= 11 is 0. The maximum absolute atomic E-state index is 12.3. The first kappa shape index (κ1) is 17.3. The summed E-state index contributed by atoms with van der Waals surface area (Å²) in [6, 6.07) is 12.6. The number of Topliss-reactive ketones (excluding diaryl/α,β-unsaturated/α-hetero) is 1. The van der Waals surface area contributed by atoms with Crippen molar-refractivity contribution in [1.29, 1.82) is 0 Å². The van der Waals surface area contributed by atoms with Gasteiger partial charge < -0.3 is 10.6 Å². The van der Waals surface area contributed by atoms with Crippen molar-refractivity contribution in [3.63, 3.8) is 0 Å². The summed E-state index contributed by atoms with van der Waals surface area (Å²) < 4.78 is 0. The number of aromatic nitrogens is 2. The van der Waals surface area contributed by atoms with Gasteiger partial charge >= 0.3 is 0 Å². The second-order valence-electron chi connectivity index (χ2n) is 5.76. The second-order valence-corrected chi connectivity index (χ2v) is 5.76. The zero-order valence-corrected chi connectivity index (χ0v) is 14.3. The SMILES string of the molecule is CC(=O)c1ccc(Nc2cncc(C(=O)NCc3cccnc3)c2)cc1. The number of rotatable bonds is 6. The molecule has 0 atom stereocenters. The largest absolute Gasteiger partial charge is 0.354 e. The lowest BCUT2D eigenvalue weighted by Crippen LogP contribution is -2.23. The lowest BCUT2D eigenvalue weighted by molar-refractivity contribution is 0.0949. The summed E-state index contributed by atoms with van der Waals surface area (Å²) in [6.45, 7) is 1.93. The summed E-state index contributed by atoms with van der Waals surface area (Å²) in [4.78, 5) is 31.8. The van der Waals surface area contributed by atoms with Gasteiger partial charge in [-0.15, -0.1) is 0 Å². The van der Waals surface area contributed by atoms with E-state index in [0.29, 0.717) is 23.4 Å². The molecule has 0 radical (unpaired) electrons. The van der Waals surface area contributed by atoms with Crippen LogP contribution in [0.3, 0.4) is 0 Å². The summed E-state index contributed by atoms with van der Waals surface area (Å²) in [7, 11) is 0. The van der Waals surface area contributed by atoms with Gasteiger partial charge in [0.25, 0.3) is 5.91 Å². The molecule has 0 unspecified atom stereocenters. The number of nitrogens with one attached hydrogen (secondary N) is 2. The van der Waals surface area contributed by atoms with E-state index in [1.165, 1.54) is 13.1 Å². The number of nitrogens with zero attached hydrogens (tertiary/aromatic N) is 2. The van der Waals surface area contributed by atoms with E-state index in [1.54, 1.807) is 36.8 Å². The van der Waals surface area contributed by atoms with Crippen LogP contribution in [0.25, 0.3) is 0 Å². The molecule has 3 rings (SSSR count). The Morgan fingerprint density at radius 3 is 2.42 bits per heavy atom. The second kappa shape index (κ2) is 8.02. The normalized spacial score (nSPS) is 10.2. The Morgan fingerprint density at radius 1 is 0.923 bits per heavy atom. The minimum absolute atomic E-state index is 0.0190. The van der Waals surface area contributed by atoms with Crippen molar-refractivity contribution in [3.8, 4) is 0 Å². The first-order chi connectivity index (χ1) is 12.6. The van der Waals surface area contributed by atoms with Crippen molar-refractivity contribution in [2.24, 2.45) is 0 Å². The fourth-order valence-electron chi connectivity index (χ4n) is 2.37. The molecule has 2 heterocycles. The van der Waals surface area contributed by atoms with E-state index in [9.17, 15) is 9.59 Å². The number of amides is 1. The molecule has 0 bridgehead atoms. The molecule has 26 heavy (non-hydrogen) atoms. The van der Waals surface area contributed by atoms with Crippen molar-refractivity contribution in [1.82, 2.24) is 15.3 Å². The predicted molar refractivity (Wildman–Crippen MR) is 99.4 cm³/mol. The highest BCUT2D eigenvalue weighted by Crippen LogP contribution is 2.17. The number of anilines is 2. The van der Waals surface area contributed by atoms with Gasteiger partial charge in [-0.2, -0.15) is 0 Å². The van der Waals surface area contributed by atoms with E-state index in [4.69, 9.17) is 0 Å². The van der Waals surface area contributed by atoms with Gasteiger partial charge in [0.1, 0.15) is 0 Å². The highest BCUT2D eigenvalue weighted by molar-refractivity contribution is 5.95. The minimum Gasteiger partial charge on any atom is -0.354 e. The Labute approximate surface area is 151 Å². The third kappa shape index (κ3) is 4.51. The van der Waals surface area contributed by atoms with E-state index in [2.05, 4.69) is 20.6 Å². The van der Waals surface area contributed by atoms with E-state index < -0.39 is 0 Å². The van der Waals surface area contributed by atoms with Crippen LogP contribution in [0.1, 0.15) is 33.2 Å². The Bertz CT molecular complexity index is 909. The maximum atomic E-state index is 12.3. The third-order valence-electron chi connectivity index (χ3n) is 3.76. The molecule has 6 nitrogen and oxygen atoms in total. The molecule has 0 saturated carbocycles. The first-order valence-corrected chi connectivity index (χ1v) is 8.12. The number of benzene rings is 1. The van der Waals surface area contributed by atoms with Gasteiger partial charge in [0, 0.05) is 36.4 Å². The molecule has 0 aliphatic carbocycles. The average molecular weight is 346 g/mol. The molecule has 0 aliphatic rings. The zero-order valence-electron chi connectivity index (χ0n) is 14.3. The highest BCUT2D eigenvalue weighted by atomic mass is 16.1. The van der Waals surface area contributed by atoms with Crippen LogP contribution in [0, 0.1) is 0 Å². The van der Waals surface area contributed by atoms with Gasteiger partial charge in [0.2, 0.25) is 0 Å². The summed E-state index contributed by atoms with van der Waals surface area (Å²) in [5.41, 5.74) is 3.53. The van der Waals surface area contributed by atoms with Crippen LogP contribution in [0.4, 0.5) is 11.4 Å². The molecule has 6 heteroatoms. The molecule has 0 aliphatic heterocycles. The van der Waals surface area contributed by atoms with Crippen LogP contribution in [-0.2, 0) is 6.54 Å². The molecule has 0 saturated heterocycles. The van der Waals surface area contributed by atoms with Gasteiger partial charge in [0.05, 0.1) is 17.4 Å². The van der Waals surface area contributed by atoms with Gasteiger partial charge in [0.15, 0.2) is 5.78 Å². The summed E-state index contributed by atoms with van der Waals surface area (Å²) in [5, 5.41) is 6.02. The average Bonchev–Trinajstić information content (AvgIpc) is 2.67. The molecule has 1 aromatic carbocycles. The van der Waals surface area contributed by atoms with Gasteiger partial charge in [-0.1, -0.05) is 6.07 Å². The molecule has 2 N–H and O–H groups in total. The van der Waals surface area contributed by atoms with Crippen LogP contribution >= 0.6 is 0 Å². The lowest BCUT2D eigenvalue weighted by Gasteiger charge is -2.09. The van der Waals surface area contributed by atoms with Crippen molar-refractivity contribution in [2.75, 3.05) is 5.32 Å². The maximum Gasteiger partial charge on any atom is 0.253 e. The highest BCUT2D eigenvalue weighted by Gasteiger charge is 2.07. The number of hydrogen-bond donors (Lipinski definition) is 2. The quantitative estimate of drug-likeness (QED) is 0.669. The molecule has 3 aromatic rings. The van der Waals surface area contributed by atoms with Crippen LogP contribution in [0.2, 0.25) is 0 Å². The lowest BCUT2D eigenvalue weighted by atomic mass is 10.1. The van der Waals surface area contributed by atoms with Gasteiger partial charge in [-0.05, 0) is 48.9 Å². The standard InChI is InChI=1S/C20H18N4O2/c1-14(25)16-4-6-18(7-5-16)24-19-9-17(12-22-13-19)20(26)23-11-15-3-2-8-21-10-15/h2-10,12-13,24H,11H2,1H3,(H,23,26). The summed E-state index contributed by atoms with van der Waals surface area (Å²) in [6.07, 6.45) is 6.55. The van der Waals surface area contributed by atoms with Crippen molar-refractivity contribution >= 4 is 23.1 Å². The molecule has 0 fully saturated rings. The smallest absolute Gasteiger partial charge is 0.253 e. The number of pyridine rings is 2. The van der Waals surface area contributed by atoms with Crippen LogP contribution in [0.5, 0.6) is 0 Å². The molecule has 0 spiro atoms. The van der Waals surface area contributed by atoms with Gasteiger partial charge in [-0.3, -0.25) is 19.6 Å². The van der Waals surface area contributed by atoms with Crippen molar-refractivity contribution in [3.05, 3.63) is 83.9 Å². The number of hydrogen-bond acceptors (Lipinski definition) is 5. The van der Waals surface area contributed by atoms with Crippen LogP contribution in [0.15, 0.2) is 67.3 Å². The van der Waals surface area contributed by atoms with E-state index in [1.807, 2.05) is 24.3 Å². The topological polar surface area (TPSA) is 84.0 Å². The molecule has 2 aromatic heterocycles. The Morgan fingerprint density at radius 2 is 1.73 bits per heavy atom. The number of carbonyl (C=O) groups is 2. The van der Waals surface area contributed by atoms with Crippen molar-refractivity contribution in [2.45, 2.75) is 13.5 Å². The van der Waals surface area contributed by atoms with E-state index in [-0.39, 0.29) is 11.7 Å². The molecule has 130 valence electrons.